The van der Waals surface area contributed by atoms with Crippen LogP contribution in [0.2, 0.25) is 0 Å². The van der Waals surface area contributed by atoms with Gasteiger partial charge in [-0.2, -0.15) is 10.4 Å². The number of hydrogen-bond acceptors (Lipinski definition) is 16. The van der Waals surface area contributed by atoms with Gasteiger partial charge >= 0.3 is 0 Å². The van der Waals surface area contributed by atoms with Gasteiger partial charge in [-0.3, -0.25) is 28.7 Å². The summed E-state index contributed by atoms with van der Waals surface area (Å²) in [5.41, 5.74) is 11.7. The van der Waals surface area contributed by atoms with E-state index in [1.807, 2.05) is 51.1 Å². The maximum Gasteiger partial charge on any atom is 0.254 e. The molecule has 22 nitrogen and oxygen atoms in total. The largest absolute Gasteiger partial charge is 0.491 e. The molecule has 3 aromatic carbocycles. The topological polar surface area (TPSA) is 276 Å². The summed E-state index contributed by atoms with van der Waals surface area (Å²) < 4.78 is 50.7. The van der Waals surface area contributed by atoms with Crippen molar-refractivity contribution in [3.05, 3.63) is 124 Å². The van der Waals surface area contributed by atoms with Gasteiger partial charge in [0.15, 0.2) is 11.6 Å². The van der Waals surface area contributed by atoms with Crippen molar-refractivity contribution in [2.45, 2.75) is 117 Å². The number of nitriles is 1. The lowest BCUT2D eigenvalue weighted by atomic mass is 9.83. The summed E-state index contributed by atoms with van der Waals surface area (Å²) in [5, 5.41) is 27.1. The van der Waals surface area contributed by atoms with Gasteiger partial charge in [0.05, 0.1) is 83.7 Å². The fraction of sp³-hybridized carbons (Fsp3) is 0.492. The van der Waals surface area contributed by atoms with Crippen LogP contribution in [0.5, 0.6) is 11.5 Å². The van der Waals surface area contributed by atoms with Gasteiger partial charge in [-0.1, -0.05) is 51.1 Å². The fourth-order valence-electron chi connectivity index (χ4n) is 10.7. The number of anilines is 1. The Bertz CT molecular complexity index is 3250. The molecule has 4 heterocycles. The highest BCUT2D eigenvalue weighted by atomic mass is 19.1. The van der Waals surface area contributed by atoms with Crippen LogP contribution in [0.4, 0.5) is 10.2 Å². The van der Waals surface area contributed by atoms with Gasteiger partial charge in [0.25, 0.3) is 5.91 Å². The number of nitrogens with zero attached hydrogens (tertiary/aromatic N) is 6. The van der Waals surface area contributed by atoms with Gasteiger partial charge < -0.3 is 65.2 Å². The molecular formula is C63H80FN11O11. The van der Waals surface area contributed by atoms with Crippen LogP contribution in [0.1, 0.15) is 116 Å². The number of aryl methyl sites for hydroxylation is 1. The molecule has 2 bridgehead atoms. The molecule has 5 amide bonds. The number of carbonyl (C=O) groups excluding carboxylic acids is 5. The number of nitrogens with one attached hydrogen (secondary N) is 4. The van der Waals surface area contributed by atoms with E-state index >= 15 is 0 Å². The van der Waals surface area contributed by atoms with Gasteiger partial charge in [0.1, 0.15) is 48.1 Å². The molecule has 2 aliphatic heterocycles. The average molecular weight is 1190 g/mol. The number of aromatic nitrogens is 3. The van der Waals surface area contributed by atoms with Crippen molar-refractivity contribution in [2.75, 3.05) is 85.8 Å². The van der Waals surface area contributed by atoms with Gasteiger partial charge in [-0.15, -0.1) is 0 Å². The number of ether oxygens (including phenoxy) is 6. The number of fused-ring (bicyclic) bond motifs is 7. The SMILES string of the molecule is CN[C@H](C)C(=O)N[C@@H](C(=O)N1Cc2cc(OCCOCCOCCOCCOCCC(=O)NCCn3nc4c(c3C#N)-c3cnc(N)c(c3)O[C@H](C)c3cc(F)ccc3C(=O)N(C)C4)ccc2C[C@@H]1C(=O)NC1CCCc2ccccc21)C(C)(C)C. The first-order valence-corrected chi connectivity index (χ1v) is 29.3. The minimum atomic E-state index is -0.897. The summed E-state index contributed by atoms with van der Waals surface area (Å²) in [6.45, 7) is 12.3. The Balaban J connectivity index is 0.718. The van der Waals surface area contributed by atoms with E-state index < -0.39 is 41.4 Å². The number of halogens is 1. The lowest BCUT2D eigenvalue weighted by Gasteiger charge is -2.41. The lowest BCUT2D eigenvalue weighted by Crippen LogP contribution is -2.62. The van der Waals surface area contributed by atoms with E-state index in [-0.39, 0.29) is 105 Å². The molecule has 8 rings (SSSR count). The molecule has 2 aromatic heterocycles. The zero-order valence-electron chi connectivity index (χ0n) is 50.2. The van der Waals surface area contributed by atoms with Crippen LogP contribution in [0, 0.1) is 22.6 Å². The molecule has 23 heteroatoms. The van der Waals surface area contributed by atoms with E-state index in [9.17, 15) is 33.6 Å². The van der Waals surface area contributed by atoms with Crippen molar-refractivity contribution in [3.63, 3.8) is 0 Å². The normalized spacial score (nSPS) is 17.2. The van der Waals surface area contributed by atoms with Gasteiger partial charge in [-0.05, 0) is 104 Å². The second-order valence-corrected chi connectivity index (χ2v) is 22.8. The van der Waals surface area contributed by atoms with Crippen molar-refractivity contribution in [3.8, 4) is 28.7 Å². The quantitative estimate of drug-likeness (QED) is 0.0451. The maximum absolute atomic E-state index is 14.7. The smallest absolute Gasteiger partial charge is 0.254 e. The predicted molar refractivity (Wildman–Crippen MR) is 317 cm³/mol. The molecule has 86 heavy (non-hydrogen) atoms. The molecule has 1 unspecified atom stereocenters. The van der Waals surface area contributed by atoms with Gasteiger partial charge in [-0.25, -0.2) is 9.37 Å². The van der Waals surface area contributed by atoms with Crippen molar-refractivity contribution >= 4 is 35.4 Å². The number of hydrogen-bond donors (Lipinski definition) is 5. The average Bonchev–Trinajstić information content (AvgIpc) is 2.35. The number of amides is 5. The van der Waals surface area contributed by atoms with E-state index in [0.717, 1.165) is 36.0 Å². The molecule has 5 atom stereocenters. The minimum Gasteiger partial charge on any atom is -0.491 e. The first kappa shape index (κ1) is 64.0. The molecule has 460 valence electrons. The van der Waals surface area contributed by atoms with Gasteiger partial charge in [0, 0.05) is 61.4 Å². The molecule has 5 aromatic rings. The lowest BCUT2D eigenvalue weighted by molar-refractivity contribution is -0.147. The number of carbonyl (C=O) groups is 5. The maximum atomic E-state index is 14.7. The summed E-state index contributed by atoms with van der Waals surface area (Å²) >= 11 is 0. The molecule has 0 saturated carbocycles. The van der Waals surface area contributed by atoms with Crippen LogP contribution in [-0.4, -0.2) is 152 Å². The zero-order valence-corrected chi connectivity index (χ0v) is 50.2. The van der Waals surface area contributed by atoms with Crippen molar-refractivity contribution in [1.82, 2.24) is 45.8 Å². The Morgan fingerprint density at radius 1 is 0.895 bits per heavy atom. The summed E-state index contributed by atoms with van der Waals surface area (Å²) in [7, 11) is 3.28. The fourth-order valence-corrected chi connectivity index (χ4v) is 10.7. The number of pyridine rings is 1. The van der Waals surface area contributed by atoms with Crippen LogP contribution in [0.25, 0.3) is 11.1 Å². The molecule has 0 fully saturated rings. The first-order chi connectivity index (χ1) is 41.3. The summed E-state index contributed by atoms with van der Waals surface area (Å²) in [4.78, 5) is 76.1. The monoisotopic (exact) mass is 1190 g/mol. The van der Waals surface area contributed by atoms with Crippen molar-refractivity contribution in [2.24, 2.45) is 5.41 Å². The van der Waals surface area contributed by atoms with Crippen molar-refractivity contribution in [1.29, 1.82) is 5.26 Å². The van der Waals surface area contributed by atoms with E-state index in [1.165, 1.54) is 39.5 Å². The standard InChI is InChI=1S/C63H80FN11O11/c1-39(67-6)59(77)71-57(63(3,4)5)62(80)74-37-44-31-46(17-15-42(44)32-52(74)60(78)70-50-14-10-12-41-11-8-9-13-47(41)50)85-30-29-84-28-27-83-26-25-82-24-23-81-22-19-55(76)68-20-21-75-53(35-65)56-43-33-54(58(66)69-36-43)86-40(2)49-34-45(64)16-18-48(49)61(79)73(7)38-51(56)72-75/h8-9,11,13,15-18,31,33-34,36,39-40,50,52,57,67H,10,12,14,19-30,32,37-38H2,1-7H3,(H2,66,69)(H,68,76)(H,70,78)(H,71,77)/t39-,40-,50?,52-,57+/m1/s1. The molecular weight excluding hydrogens is 1110 g/mol. The van der Waals surface area contributed by atoms with E-state index in [0.29, 0.717) is 74.2 Å². The van der Waals surface area contributed by atoms with Crippen LogP contribution >= 0.6 is 0 Å². The Morgan fingerprint density at radius 3 is 2.31 bits per heavy atom. The number of nitrogens with two attached hydrogens (primary N) is 1. The number of benzene rings is 3. The molecule has 3 aliphatic rings. The van der Waals surface area contributed by atoms with Crippen LogP contribution in [0.15, 0.2) is 72.9 Å². The molecule has 1 aliphatic carbocycles. The third-order valence-electron chi connectivity index (χ3n) is 15.6. The van der Waals surface area contributed by atoms with Crippen LogP contribution < -0.4 is 36.5 Å². The highest BCUT2D eigenvalue weighted by Crippen LogP contribution is 2.37. The van der Waals surface area contributed by atoms with Crippen molar-refractivity contribution < 1.29 is 56.8 Å². The molecule has 0 saturated heterocycles. The highest BCUT2D eigenvalue weighted by molar-refractivity contribution is 5.96. The molecule has 0 radical (unpaired) electrons. The molecule has 6 N–H and O–H groups in total. The highest BCUT2D eigenvalue weighted by Gasteiger charge is 2.43. The first-order valence-electron chi connectivity index (χ1n) is 29.3. The Morgan fingerprint density at radius 2 is 1.60 bits per heavy atom. The number of rotatable bonds is 25. The van der Waals surface area contributed by atoms with E-state index in [1.54, 1.807) is 38.9 Å². The number of likely N-dealkylation sites (N-methyl/N-ethyl adjacent to an activating group) is 1. The molecule has 0 spiro atoms. The zero-order chi connectivity index (χ0) is 61.5. The predicted octanol–water partition coefficient (Wildman–Crippen LogP) is 5.50. The summed E-state index contributed by atoms with van der Waals surface area (Å²) in [6.07, 6.45) is 3.83. The summed E-state index contributed by atoms with van der Waals surface area (Å²) in [5.74, 6) is -1.19. The van der Waals surface area contributed by atoms with E-state index in [2.05, 4.69) is 44.5 Å². The Kier molecular flexibility index (Phi) is 22.2. The Hall–Kier alpha value is -8.01. The second kappa shape index (κ2) is 29.9. The Labute approximate surface area is 501 Å². The summed E-state index contributed by atoms with van der Waals surface area (Å²) in [6, 6.07) is 19.2. The third kappa shape index (κ3) is 16.3. The third-order valence-corrected chi connectivity index (χ3v) is 15.6. The second-order valence-electron chi connectivity index (χ2n) is 22.8. The minimum absolute atomic E-state index is 0.00752. The number of nitrogen functional groups attached to an aromatic ring is 1. The van der Waals surface area contributed by atoms with Gasteiger partial charge in [0.2, 0.25) is 23.6 Å². The van der Waals surface area contributed by atoms with E-state index in [4.69, 9.17) is 39.3 Å². The van der Waals surface area contributed by atoms with Crippen LogP contribution in [-0.2, 0) is 70.6 Å². The van der Waals surface area contributed by atoms with Crippen LogP contribution in [0.3, 0.4) is 0 Å².